The van der Waals surface area contributed by atoms with Crippen LogP contribution in [0.2, 0.25) is 10.0 Å². The highest BCUT2D eigenvalue weighted by Crippen LogP contribution is 2.22. The fourth-order valence-electron chi connectivity index (χ4n) is 1.61. The second kappa shape index (κ2) is 6.85. The average molecular weight is 348 g/mol. The molecule has 22 heavy (non-hydrogen) atoms. The first-order chi connectivity index (χ1) is 10.4. The average Bonchev–Trinajstić information content (AvgIpc) is 2.83. The Kier molecular flexibility index (Phi) is 5.10. The molecule has 0 radical (unpaired) electrons. The Labute approximate surface area is 134 Å². The van der Waals surface area contributed by atoms with Crippen molar-refractivity contribution in [3.8, 4) is 0 Å². The summed E-state index contributed by atoms with van der Waals surface area (Å²) in [7, 11) is 1.42. The number of rotatable bonds is 4. The third-order valence-corrected chi connectivity index (χ3v) is 3.14. The Bertz CT molecular complexity index is 732. The number of halogens is 4. The van der Waals surface area contributed by atoms with Gasteiger partial charge in [-0.3, -0.25) is 4.68 Å². The number of benzene rings is 1. The molecule has 1 aromatic heterocycles. The van der Waals surface area contributed by atoms with E-state index < -0.39 is 18.1 Å². The third kappa shape index (κ3) is 3.80. The van der Waals surface area contributed by atoms with Gasteiger partial charge in [-0.1, -0.05) is 34.4 Å². The largest absolute Gasteiger partial charge is 0.369 e. The molecule has 0 aliphatic carbocycles. The van der Waals surface area contributed by atoms with Gasteiger partial charge >= 0.3 is 5.97 Å². The van der Waals surface area contributed by atoms with Crippen molar-refractivity contribution in [2.75, 3.05) is 0 Å². The number of oxime groups is 1. The summed E-state index contributed by atoms with van der Waals surface area (Å²) in [6, 6.07) is 4.63. The monoisotopic (exact) mass is 347 g/mol. The highest BCUT2D eigenvalue weighted by atomic mass is 35.5. The molecule has 0 aliphatic heterocycles. The summed E-state index contributed by atoms with van der Waals surface area (Å²) >= 11 is 11.6. The van der Waals surface area contributed by atoms with Crippen LogP contribution in [-0.2, 0) is 11.9 Å². The van der Waals surface area contributed by atoms with Crippen LogP contribution in [0.5, 0.6) is 0 Å². The topological polar surface area (TPSA) is 56.5 Å². The summed E-state index contributed by atoms with van der Waals surface area (Å²) in [5.41, 5.74) is -0.553. The van der Waals surface area contributed by atoms with Gasteiger partial charge in [-0.25, -0.2) is 13.6 Å². The van der Waals surface area contributed by atoms with Crippen LogP contribution in [0.25, 0.3) is 0 Å². The van der Waals surface area contributed by atoms with E-state index in [2.05, 4.69) is 15.1 Å². The molecule has 0 amide bonds. The Hall–Kier alpha value is -1.99. The van der Waals surface area contributed by atoms with Crippen molar-refractivity contribution < 1.29 is 18.4 Å². The van der Waals surface area contributed by atoms with Crippen LogP contribution in [-0.4, -0.2) is 22.0 Å². The zero-order valence-electron chi connectivity index (χ0n) is 11.1. The second-order valence-corrected chi connectivity index (χ2v) is 5.03. The summed E-state index contributed by atoms with van der Waals surface area (Å²) in [6.45, 7) is 0. The van der Waals surface area contributed by atoms with Crippen LogP contribution in [0.4, 0.5) is 8.78 Å². The predicted octanol–water partition coefficient (Wildman–Crippen LogP) is 3.86. The SMILES string of the molecule is Cn1cc(C(=O)O/N=C/c2ccc(Cl)cc2Cl)c(C(F)F)n1. The minimum absolute atomic E-state index is 0.307. The molecular formula is C13H9Cl2F2N3O2. The van der Waals surface area contributed by atoms with Crippen molar-refractivity contribution >= 4 is 35.4 Å². The van der Waals surface area contributed by atoms with Gasteiger partial charge in [0.2, 0.25) is 0 Å². The third-order valence-electron chi connectivity index (χ3n) is 2.57. The molecule has 0 fully saturated rings. The van der Waals surface area contributed by atoms with E-state index in [9.17, 15) is 13.6 Å². The molecule has 0 bridgehead atoms. The minimum atomic E-state index is -2.89. The summed E-state index contributed by atoms with van der Waals surface area (Å²) in [6.07, 6.45) is -0.581. The molecule has 0 aliphatic rings. The van der Waals surface area contributed by atoms with Crippen molar-refractivity contribution in [2.45, 2.75) is 6.43 Å². The van der Waals surface area contributed by atoms with Gasteiger partial charge in [0.1, 0.15) is 11.3 Å². The van der Waals surface area contributed by atoms with Crippen LogP contribution in [0.3, 0.4) is 0 Å². The lowest BCUT2D eigenvalue weighted by Gasteiger charge is -1.99. The van der Waals surface area contributed by atoms with Crippen molar-refractivity contribution in [3.05, 3.63) is 51.3 Å². The standard InChI is InChI=1S/C13H9Cl2F2N3O2/c1-20-6-9(11(19-20)12(16)17)13(21)22-18-5-7-2-3-8(14)4-10(7)15/h2-6,12H,1H3/b18-5+. The first-order valence-electron chi connectivity index (χ1n) is 5.90. The molecule has 0 unspecified atom stereocenters. The molecule has 2 aromatic rings. The van der Waals surface area contributed by atoms with Crippen LogP contribution < -0.4 is 0 Å². The number of carbonyl (C=O) groups is 1. The first-order valence-corrected chi connectivity index (χ1v) is 6.65. The highest BCUT2D eigenvalue weighted by Gasteiger charge is 2.23. The molecular weight excluding hydrogens is 339 g/mol. The lowest BCUT2D eigenvalue weighted by atomic mass is 10.2. The van der Waals surface area contributed by atoms with Gasteiger partial charge in [-0.15, -0.1) is 0 Å². The van der Waals surface area contributed by atoms with Gasteiger partial charge in [-0.2, -0.15) is 5.10 Å². The molecule has 0 N–H and O–H groups in total. The van der Waals surface area contributed by atoms with Crippen molar-refractivity contribution in [3.63, 3.8) is 0 Å². The normalized spacial score (nSPS) is 11.4. The lowest BCUT2D eigenvalue weighted by molar-refractivity contribution is 0.0508. The second-order valence-electron chi connectivity index (χ2n) is 4.18. The molecule has 0 saturated carbocycles. The Morgan fingerprint density at radius 1 is 1.45 bits per heavy atom. The summed E-state index contributed by atoms with van der Waals surface area (Å²) in [5, 5.41) is 7.68. The maximum atomic E-state index is 12.7. The van der Waals surface area contributed by atoms with Gasteiger partial charge in [0, 0.05) is 23.8 Å². The predicted molar refractivity (Wildman–Crippen MR) is 77.6 cm³/mol. The minimum Gasteiger partial charge on any atom is -0.313 e. The number of hydrogen-bond acceptors (Lipinski definition) is 4. The number of alkyl halides is 2. The van der Waals surface area contributed by atoms with E-state index >= 15 is 0 Å². The maximum absolute atomic E-state index is 12.7. The Morgan fingerprint density at radius 3 is 2.82 bits per heavy atom. The summed E-state index contributed by atoms with van der Waals surface area (Å²) < 4.78 is 26.5. The highest BCUT2D eigenvalue weighted by molar-refractivity contribution is 6.36. The molecule has 0 saturated heterocycles. The van der Waals surface area contributed by atoms with Gasteiger partial charge in [0.25, 0.3) is 6.43 Å². The van der Waals surface area contributed by atoms with Crippen molar-refractivity contribution in [2.24, 2.45) is 12.2 Å². The van der Waals surface area contributed by atoms with Crippen LogP contribution in [0.15, 0.2) is 29.6 Å². The van der Waals surface area contributed by atoms with Gasteiger partial charge in [-0.05, 0) is 12.1 Å². The zero-order valence-corrected chi connectivity index (χ0v) is 12.6. The van der Waals surface area contributed by atoms with Crippen molar-refractivity contribution in [1.82, 2.24) is 9.78 Å². The number of carbonyl (C=O) groups excluding carboxylic acids is 1. The number of aromatic nitrogens is 2. The zero-order chi connectivity index (χ0) is 16.3. The van der Waals surface area contributed by atoms with E-state index in [4.69, 9.17) is 23.2 Å². The van der Waals surface area contributed by atoms with Crippen LogP contribution >= 0.6 is 23.2 Å². The number of nitrogens with zero attached hydrogens (tertiary/aromatic N) is 3. The Balaban J connectivity index is 2.11. The first kappa shape index (κ1) is 16.4. The maximum Gasteiger partial charge on any atom is 0.369 e. The molecule has 116 valence electrons. The molecule has 9 heteroatoms. The number of hydrogen-bond donors (Lipinski definition) is 0. The van der Waals surface area contributed by atoms with Crippen LogP contribution in [0.1, 0.15) is 28.0 Å². The molecule has 1 heterocycles. The van der Waals surface area contributed by atoms with E-state index in [1.807, 2.05) is 0 Å². The van der Waals surface area contributed by atoms with Crippen molar-refractivity contribution in [1.29, 1.82) is 0 Å². The fraction of sp³-hybridized carbons (Fsp3) is 0.154. The molecule has 5 nitrogen and oxygen atoms in total. The van der Waals surface area contributed by atoms with Gasteiger partial charge < -0.3 is 4.84 Å². The fourth-order valence-corrected chi connectivity index (χ4v) is 2.07. The van der Waals surface area contributed by atoms with Gasteiger partial charge in [0.15, 0.2) is 0 Å². The quantitative estimate of drug-likeness (QED) is 0.479. The molecule has 2 rings (SSSR count). The lowest BCUT2D eigenvalue weighted by Crippen LogP contribution is -2.04. The summed E-state index contributed by atoms with van der Waals surface area (Å²) in [4.78, 5) is 16.3. The van der Waals surface area contributed by atoms with Gasteiger partial charge in [0.05, 0.1) is 11.2 Å². The molecule has 0 spiro atoms. The van der Waals surface area contributed by atoms with E-state index in [1.165, 1.54) is 19.3 Å². The summed E-state index contributed by atoms with van der Waals surface area (Å²) in [5.74, 6) is -1.04. The van der Waals surface area contributed by atoms with E-state index in [0.717, 1.165) is 10.9 Å². The smallest absolute Gasteiger partial charge is 0.313 e. The van der Waals surface area contributed by atoms with Crippen LogP contribution in [0, 0.1) is 0 Å². The van der Waals surface area contributed by atoms with E-state index in [0.29, 0.717) is 15.6 Å². The number of aryl methyl sites for hydroxylation is 1. The Morgan fingerprint density at radius 2 is 2.18 bits per heavy atom. The molecule has 0 atom stereocenters. The van der Waals surface area contributed by atoms with E-state index in [-0.39, 0.29) is 5.56 Å². The molecule has 1 aromatic carbocycles. The van der Waals surface area contributed by atoms with E-state index in [1.54, 1.807) is 12.1 Å².